The Kier molecular flexibility index (Phi) is 5.80. The lowest BCUT2D eigenvalue weighted by atomic mass is 10.1. The highest BCUT2D eigenvalue weighted by Crippen LogP contribution is 2.29. The number of carbonyl (C=O) groups excluding carboxylic acids is 1. The number of nitro benzene ring substituents is 1. The summed E-state index contributed by atoms with van der Waals surface area (Å²) in [7, 11) is 1.43. The standard InChI is InChI=1S/C23H17ClN4O5/c1-13-25-18-6-4-3-5-16(18)23(30)27(13)15-8-10-19(21(12-15)33-2)26-22(29)14-7-9-17(24)20(11-14)28(31)32/h3-12H,1-2H3,(H,26,29). The van der Waals surface area contributed by atoms with Gasteiger partial charge in [-0.05, 0) is 43.3 Å². The summed E-state index contributed by atoms with van der Waals surface area (Å²) < 4.78 is 6.87. The summed E-state index contributed by atoms with van der Waals surface area (Å²) in [6.07, 6.45) is 0. The van der Waals surface area contributed by atoms with Crippen molar-refractivity contribution < 1.29 is 14.5 Å². The van der Waals surface area contributed by atoms with E-state index < -0.39 is 10.8 Å². The first-order valence-electron chi connectivity index (χ1n) is 9.72. The molecule has 0 unspecified atom stereocenters. The zero-order chi connectivity index (χ0) is 23.7. The Morgan fingerprint density at radius 2 is 1.91 bits per heavy atom. The van der Waals surface area contributed by atoms with Gasteiger partial charge >= 0.3 is 0 Å². The van der Waals surface area contributed by atoms with Crippen LogP contribution in [0.25, 0.3) is 16.6 Å². The van der Waals surface area contributed by atoms with Crippen LogP contribution in [-0.4, -0.2) is 27.5 Å². The Labute approximate surface area is 192 Å². The van der Waals surface area contributed by atoms with E-state index in [1.807, 2.05) is 6.07 Å². The molecule has 0 spiro atoms. The first-order chi connectivity index (χ1) is 15.8. The SMILES string of the molecule is COc1cc(-n2c(C)nc3ccccc3c2=O)ccc1NC(=O)c1ccc(Cl)c([N+](=O)[O-])c1. The van der Waals surface area contributed by atoms with Gasteiger partial charge in [0.25, 0.3) is 17.2 Å². The molecule has 4 aromatic rings. The molecule has 0 aliphatic rings. The Hall–Kier alpha value is -4.24. The maximum Gasteiger partial charge on any atom is 0.288 e. The van der Waals surface area contributed by atoms with Gasteiger partial charge in [-0.3, -0.25) is 24.3 Å². The lowest BCUT2D eigenvalue weighted by molar-refractivity contribution is -0.384. The highest BCUT2D eigenvalue weighted by atomic mass is 35.5. The third-order valence-corrected chi connectivity index (χ3v) is 5.36. The van der Waals surface area contributed by atoms with Gasteiger partial charge in [-0.2, -0.15) is 0 Å². The number of para-hydroxylation sites is 1. The van der Waals surface area contributed by atoms with Crippen LogP contribution in [0.5, 0.6) is 5.75 Å². The van der Waals surface area contributed by atoms with Crippen LogP contribution in [0.15, 0.2) is 65.5 Å². The molecule has 10 heteroatoms. The summed E-state index contributed by atoms with van der Waals surface area (Å²) in [4.78, 5) is 40.7. The lowest BCUT2D eigenvalue weighted by Gasteiger charge is -2.15. The number of ether oxygens (including phenoxy) is 1. The van der Waals surface area contributed by atoms with Gasteiger partial charge < -0.3 is 10.1 Å². The Bertz CT molecular complexity index is 1480. The Balaban J connectivity index is 1.71. The zero-order valence-corrected chi connectivity index (χ0v) is 18.3. The quantitative estimate of drug-likeness (QED) is 0.343. The number of aryl methyl sites for hydroxylation is 1. The predicted octanol–water partition coefficient (Wildman–Crippen LogP) is 4.52. The summed E-state index contributed by atoms with van der Waals surface area (Å²) in [6.45, 7) is 1.73. The molecule has 0 aliphatic carbocycles. The number of nitrogens with zero attached hydrogens (tertiary/aromatic N) is 3. The predicted molar refractivity (Wildman–Crippen MR) is 125 cm³/mol. The van der Waals surface area contributed by atoms with Crippen LogP contribution in [0, 0.1) is 17.0 Å². The zero-order valence-electron chi connectivity index (χ0n) is 17.5. The second-order valence-corrected chi connectivity index (χ2v) is 7.49. The lowest BCUT2D eigenvalue weighted by Crippen LogP contribution is -2.22. The van der Waals surface area contributed by atoms with Crippen molar-refractivity contribution in [3.63, 3.8) is 0 Å². The van der Waals surface area contributed by atoms with Crippen molar-refractivity contribution in [2.45, 2.75) is 6.92 Å². The molecule has 4 rings (SSSR count). The van der Waals surface area contributed by atoms with Crippen LogP contribution in [0.2, 0.25) is 5.02 Å². The molecule has 0 fully saturated rings. The molecule has 9 nitrogen and oxygen atoms in total. The van der Waals surface area contributed by atoms with Gasteiger partial charge in [0.1, 0.15) is 16.6 Å². The van der Waals surface area contributed by atoms with Crippen molar-refractivity contribution in [1.29, 1.82) is 0 Å². The summed E-state index contributed by atoms with van der Waals surface area (Å²) in [6, 6.07) is 15.7. The average Bonchev–Trinajstić information content (AvgIpc) is 2.79. The molecule has 1 amide bonds. The highest BCUT2D eigenvalue weighted by Gasteiger charge is 2.18. The van der Waals surface area contributed by atoms with Gasteiger partial charge in [0, 0.05) is 17.7 Å². The smallest absolute Gasteiger partial charge is 0.288 e. The minimum Gasteiger partial charge on any atom is -0.494 e. The number of benzene rings is 3. The largest absolute Gasteiger partial charge is 0.494 e. The van der Waals surface area contributed by atoms with E-state index in [1.165, 1.54) is 23.8 Å². The monoisotopic (exact) mass is 464 g/mol. The maximum atomic E-state index is 13.1. The van der Waals surface area contributed by atoms with E-state index >= 15 is 0 Å². The molecule has 0 atom stereocenters. The van der Waals surface area contributed by atoms with E-state index in [0.29, 0.717) is 33.9 Å². The normalized spacial score (nSPS) is 10.8. The summed E-state index contributed by atoms with van der Waals surface area (Å²) in [5.41, 5.74) is 0.888. The molecule has 33 heavy (non-hydrogen) atoms. The van der Waals surface area contributed by atoms with Gasteiger partial charge in [-0.1, -0.05) is 23.7 Å². The van der Waals surface area contributed by atoms with Crippen molar-refractivity contribution in [3.05, 3.63) is 97.5 Å². The molecule has 166 valence electrons. The van der Waals surface area contributed by atoms with Gasteiger partial charge in [0.05, 0.1) is 34.3 Å². The molecule has 0 radical (unpaired) electrons. The number of carbonyl (C=O) groups is 1. The molecular formula is C23H17ClN4O5. The van der Waals surface area contributed by atoms with Crippen LogP contribution >= 0.6 is 11.6 Å². The van der Waals surface area contributed by atoms with Crippen molar-refractivity contribution in [2.24, 2.45) is 0 Å². The number of hydrogen-bond acceptors (Lipinski definition) is 6. The fourth-order valence-electron chi connectivity index (χ4n) is 3.46. The summed E-state index contributed by atoms with van der Waals surface area (Å²) in [5.74, 6) is 0.205. The van der Waals surface area contributed by atoms with Gasteiger partial charge in [0.2, 0.25) is 0 Å². The van der Waals surface area contributed by atoms with E-state index in [9.17, 15) is 19.7 Å². The number of nitrogens with one attached hydrogen (secondary N) is 1. The molecule has 0 aliphatic heterocycles. The van der Waals surface area contributed by atoms with Crippen molar-refractivity contribution >= 4 is 39.8 Å². The van der Waals surface area contributed by atoms with E-state index in [0.717, 1.165) is 6.07 Å². The second-order valence-electron chi connectivity index (χ2n) is 7.08. The molecule has 0 saturated carbocycles. The van der Waals surface area contributed by atoms with Crippen LogP contribution in [0.3, 0.4) is 0 Å². The van der Waals surface area contributed by atoms with Crippen LogP contribution in [0.1, 0.15) is 16.2 Å². The molecule has 0 saturated heterocycles. The highest BCUT2D eigenvalue weighted by molar-refractivity contribution is 6.32. The molecule has 0 bridgehead atoms. The Morgan fingerprint density at radius 1 is 1.15 bits per heavy atom. The third kappa shape index (κ3) is 4.13. The number of nitro groups is 1. The maximum absolute atomic E-state index is 13.1. The van der Waals surface area contributed by atoms with Crippen molar-refractivity contribution in [2.75, 3.05) is 12.4 Å². The second kappa shape index (κ2) is 8.71. The molecule has 1 heterocycles. The topological polar surface area (TPSA) is 116 Å². The third-order valence-electron chi connectivity index (χ3n) is 5.04. The minimum absolute atomic E-state index is 0.0584. The Morgan fingerprint density at radius 3 is 2.64 bits per heavy atom. The first kappa shape index (κ1) is 22.0. The number of anilines is 1. The van der Waals surface area contributed by atoms with E-state index in [1.54, 1.807) is 43.3 Å². The summed E-state index contributed by atoms with van der Waals surface area (Å²) in [5, 5.41) is 14.2. The number of amides is 1. The van der Waals surface area contributed by atoms with Gasteiger partial charge in [-0.25, -0.2) is 4.98 Å². The van der Waals surface area contributed by atoms with Gasteiger partial charge in [-0.15, -0.1) is 0 Å². The van der Waals surface area contributed by atoms with E-state index in [4.69, 9.17) is 16.3 Å². The van der Waals surface area contributed by atoms with Crippen molar-refractivity contribution in [3.8, 4) is 11.4 Å². The molecular weight excluding hydrogens is 448 g/mol. The number of hydrogen-bond donors (Lipinski definition) is 1. The summed E-state index contributed by atoms with van der Waals surface area (Å²) >= 11 is 5.81. The molecule has 1 aromatic heterocycles. The average molecular weight is 465 g/mol. The first-order valence-corrected chi connectivity index (χ1v) is 10.1. The number of fused-ring (bicyclic) bond motifs is 1. The number of methoxy groups -OCH3 is 1. The molecule has 3 aromatic carbocycles. The van der Waals surface area contributed by atoms with E-state index in [2.05, 4.69) is 10.3 Å². The van der Waals surface area contributed by atoms with Crippen molar-refractivity contribution in [1.82, 2.24) is 9.55 Å². The fraction of sp³-hybridized carbons (Fsp3) is 0.0870. The minimum atomic E-state index is -0.661. The van der Waals surface area contributed by atoms with Gasteiger partial charge in [0.15, 0.2) is 0 Å². The number of rotatable bonds is 5. The van der Waals surface area contributed by atoms with Crippen LogP contribution in [0.4, 0.5) is 11.4 Å². The fourth-order valence-corrected chi connectivity index (χ4v) is 3.64. The number of halogens is 1. The molecule has 1 N–H and O–H groups in total. The van der Waals surface area contributed by atoms with E-state index in [-0.39, 0.29) is 21.8 Å². The van der Waals surface area contributed by atoms with Crippen LogP contribution in [-0.2, 0) is 0 Å². The number of aromatic nitrogens is 2. The van der Waals surface area contributed by atoms with Crippen LogP contribution < -0.4 is 15.6 Å².